The number of carboxylic acid groups (broad SMARTS) is 1. The Kier molecular flexibility index (Phi) is 4.74. The molecule has 5 N–H and O–H groups in total. The van der Waals surface area contributed by atoms with Gasteiger partial charge in [0, 0.05) is 12.0 Å². The van der Waals surface area contributed by atoms with Gasteiger partial charge in [-0.25, -0.2) is 9.59 Å². The van der Waals surface area contributed by atoms with Gasteiger partial charge in [-0.3, -0.25) is 4.79 Å². The smallest absolute Gasteiger partial charge is 0.326 e. The average molecular weight is 271 g/mol. The SMILES string of the molecule is CC(C)(NC(=O)NC(CCC(N)=O)C(=O)O)C1CC1. The van der Waals surface area contributed by atoms with Gasteiger partial charge in [0.2, 0.25) is 5.91 Å². The minimum atomic E-state index is -1.18. The molecule has 1 unspecified atom stereocenters. The maximum absolute atomic E-state index is 11.7. The number of aliphatic carboxylic acids is 1. The van der Waals surface area contributed by atoms with Crippen LogP contribution in [0.15, 0.2) is 0 Å². The first-order valence-corrected chi connectivity index (χ1v) is 6.32. The molecule has 0 aromatic heterocycles. The Morgan fingerprint density at radius 2 is 1.95 bits per heavy atom. The van der Waals surface area contributed by atoms with E-state index in [2.05, 4.69) is 10.6 Å². The number of rotatable bonds is 7. The molecule has 7 heteroatoms. The molecule has 108 valence electrons. The third-order valence-corrected chi connectivity index (χ3v) is 3.32. The zero-order valence-corrected chi connectivity index (χ0v) is 11.2. The number of nitrogens with one attached hydrogen (secondary N) is 2. The molecule has 1 fully saturated rings. The molecule has 7 nitrogen and oxygen atoms in total. The third kappa shape index (κ3) is 5.15. The monoisotopic (exact) mass is 271 g/mol. The van der Waals surface area contributed by atoms with Crippen LogP contribution in [-0.4, -0.2) is 34.6 Å². The van der Waals surface area contributed by atoms with E-state index in [0.29, 0.717) is 5.92 Å². The molecule has 0 radical (unpaired) electrons. The van der Waals surface area contributed by atoms with Gasteiger partial charge in [-0.1, -0.05) is 0 Å². The van der Waals surface area contributed by atoms with Crippen LogP contribution in [0.25, 0.3) is 0 Å². The van der Waals surface area contributed by atoms with Crippen molar-refractivity contribution in [3.05, 3.63) is 0 Å². The Balaban J connectivity index is 2.46. The van der Waals surface area contributed by atoms with Crippen LogP contribution >= 0.6 is 0 Å². The lowest BCUT2D eigenvalue weighted by Gasteiger charge is -2.27. The second-order valence-electron chi connectivity index (χ2n) is 5.49. The summed E-state index contributed by atoms with van der Waals surface area (Å²) >= 11 is 0. The summed E-state index contributed by atoms with van der Waals surface area (Å²) in [6.45, 7) is 3.81. The predicted molar refractivity (Wildman–Crippen MR) is 68.3 cm³/mol. The molecule has 0 aromatic rings. The molecular formula is C12H21N3O4. The molecule has 0 heterocycles. The lowest BCUT2D eigenvalue weighted by Crippen LogP contribution is -2.53. The average Bonchev–Trinajstić information content (AvgIpc) is 3.06. The predicted octanol–water partition coefficient (Wildman–Crippen LogP) is 0.193. The molecule has 0 saturated heterocycles. The fourth-order valence-electron chi connectivity index (χ4n) is 1.94. The lowest BCUT2D eigenvalue weighted by atomic mass is 9.99. The van der Waals surface area contributed by atoms with Gasteiger partial charge < -0.3 is 21.5 Å². The van der Waals surface area contributed by atoms with Crippen LogP contribution in [0.3, 0.4) is 0 Å². The normalized spacial score (nSPS) is 16.5. The highest BCUT2D eigenvalue weighted by Gasteiger charge is 2.39. The van der Waals surface area contributed by atoms with Crippen LogP contribution in [0.1, 0.15) is 39.5 Å². The molecule has 1 saturated carbocycles. The van der Waals surface area contributed by atoms with E-state index in [1.807, 2.05) is 13.8 Å². The number of urea groups is 1. The van der Waals surface area contributed by atoms with Gasteiger partial charge >= 0.3 is 12.0 Å². The number of hydrogen-bond acceptors (Lipinski definition) is 3. The molecule has 19 heavy (non-hydrogen) atoms. The largest absolute Gasteiger partial charge is 0.480 e. The second-order valence-corrected chi connectivity index (χ2v) is 5.49. The van der Waals surface area contributed by atoms with E-state index >= 15 is 0 Å². The number of carbonyl (C=O) groups excluding carboxylic acids is 2. The zero-order valence-electron chi connectivity index (χ0n) is 11.2. The summed E-state index contributed by atoms with van der Waals surface area (Å²) in [5, 5.41) is 14.1. The summed E-state index contributed by atoms with van der Waals surface area (Å²) in [6.07, 6.45) is 2.04. The summed E-state index contributed by atoms with van der Waals surface area (Å²) in [5.74, 6) is -1.33. The van der Waals surface area contributed by atoms with E-state index in [-0.39, 0.29) is 18.4 Å². The molecule has 0 bridgehead atoms. The minimum Gasteiger partial charge on any atom is -0.480 e. The van der Waals surface area contributed by atoms with Crippen molar-refractivity contribution in [2.75, 3.05) is 0 Å². The quantitative estimate of drug-likeness (QED) is 0.528. The Morgan fingerprint density at radius 3 is 2.37 bits per heavy atom. The number of carboxylic acids is 1. The molecule has 0 spiro atoms. The summed E-state index contributed by atoms with van der Waals surface area (Å²) in [7, 11) is 0. The van der Waals surface area contributed by atoms with E-state index in [4.69, 9.17) is 10.8 Å². The van der Waals surface area contributed by atoms with Crippen molar-refractivity contribution in [2.45, 2.75) is 51.1 Å². The molecule has 1 rings (SSSR count). The molecule has 3 amide bonds. The number of primary amides is 1. The molecule has 0 aliphatic heterocycles. The van der Waals surface area contributed by atoms with Gasteiger partial charge in [0.05, 0.1) is 0 Å². The standard InChI is InChI=1S/C12H21N3O4/c1-12(2,7-3-4-7)15-11(19)14-8(10(17)18)5-6-9(13)16/h7-8H,3-6H2,1-2H3,(H2,13,16)(H,17,18)(H2,14,15,19). The molecule has 1 aliphatic carbocycles. The zero-order chi connectivity index (χ0) is 14.6. The minimum absolute atomic E-state index is 0.0120. The van der Waals surface area contributed by atoms with Gasteiger partial charge in [0.1, 0.15) is 6.04 Å². The Bertz CT molecular complexity index is 377. The van der Waals surface area contributed by atoms with Crippen LogP contribution in [0.4, 0.5) is 4.79 Å². The lowest BCUT2D eigenvalue weighted by molar-refractivity contribution is -0.139. The maximum Gasteiger partial charge on any atom is 0.326 e. The number of carbonyl (C=O) groups is 3. The molecule has 1 aliphatic rings. The first-order chi connectivity index (χ1) is 8.72. The van der Waals surface area contributed by atoms with Crippen LogP contribution in [0.2, 0.25) is 0 Å². The van der Waals surface area contributed by atoms with E-state index in [9.17, 15) is 14.4 Å². The molecule has 1 atom stereocenters. The van der Waals surface area contributed by atoms with Gasteiger partial charge in [-0.2, -0.15) is 0 Å². The van der Waals surface area contributed by atoms with Gasteiger partial charge in [0.25, 0.3) is 0 Å². The van der Waals surface area contributed by atoms with Gasteiger partial charge in [-0.15, -0.1) is 0 Å². The van der Waals surface area contributed by atoms with Crippen LogP contribution < -0.4 is 16.4 Å². The van der Waals surface area contributed by atoms with Crippen molar-refractivity contribution in [1.82, 2.24) is 10.6 Å². The molecular weight excluding hydrogens is 250 g/mol. The third-order valence-electron chi connectivity index (χ3n) is 3.32. The number of amides is 3. The molecule has 0 aromatic carbocycles. The summed E-state index contributed by atoms with van der Waals surface area (Å²) in [5.41, 5.74) is 4.61. The number of hydrogen-bond donors (Lipinski definition) is 4. The highest BCUT2D eigenvalue weighted by Crippen LogP contribution is 2.39. The van der Waals surface area contributed by atoms with E-state index < -0.39 is 23.9 Å². The van der Waals surface area contributed by atoms with Crippen LogP contribution in [0, 0.1) is 5.92 Å². The first-order valence-electron chi connectivity index (χ1n) is 6.32. The Hall–Kier alpha value is -1.79. The van der Waals surface area contributed by atoms with Crippen molar-refractivity contribution in [2.24, 2.45) is 11.7 Å². The Morgan fingerprint density at radius 1 is 1.37 bits per heavy atom. The fraction of sp³-hybridized carbons (Fsp3) is 0.750. The highest BCUT2D eigenvalue weighted by atomic mass is 16.4. The van der Waals surface area contributed by atoms with E-state index in [0.717, 1.165) is 12.8 Å². The van der Waals surface area contributed by atoms with E-state index in [1.54, 1.807) is 0 Å². The van der Waals surface area contributed by atoms with Crippen molar-refractivity contribution in [3.8, 4) is 0 Å². The van der Waals surface area contributed by atoms with Gasteiger partial charge in [-0.05, 0) is 39.0 Å². The maximum atomic E-state index is 11.7. The van der Waals surface area contributed by atoms with Crippen molar-refractivity contribution in [3.63, 3.8) is 0 Å². The van der Waals surface area contributed by atoms with Crippen molar-refractivity contribution < 1.29 is 19.5 Å². The van der Waals surface area contributed by atoms with Crippen molar-refractivity contribution >= 4 is 17.9 Å². The second kappa shape index (κ2) is 5.90. The summed E-state index contributed by atoms with van der Waals surface area (Å²) in [6, 6.07) is -1.64. The van der Waals surface area contributed by atoms with E-state index in [1.165, 1.54) is 0 Å². The first kappa shape index (κ1) is 15.3. The number of nitrogens with two attached hydrogens (primary N) is 1. The van der Waals surface area contributed by atoms with Crippen LogP contribution in [0.5, 0.6) is 0 Å². The fourth-order valence-corrected chi connectivity index (χ4v) is 1.94. The summed E-state index contributed by atoms with van der Waals surface area (Å²) < 4.78 is 0. The highest BCUT2D eigenvalue weighted by molar-refractivity contribution is 5.83. The summed E-state index contributed by atoms with van der Waals surface area (Å²) in [4.78, 5) is 33.4. The topological polar surface area (TPSA) is 122 Å². The van der Waals surface area contributed by atoms with Crippen LogP contribution in [-0.2, 0) is 9.59 Å². The van der Waals surface area contributed by atoms with Gasteiger partial charge in [0.15, 0.2) is 0 Å². The Labute approximate surface area is 111 Å². The van der Waals surface area contributed by atoms with Crippen molar-refractivity contribution in [1.29, 1.82) is 0 Å².